The van der Waals surface area contributed by atoms with Gasteiger partial charge in [-0.2, -0.15) is 0 Å². The molecule has 3 N–H and O–H groups in total. The molecule has 2 aromatic heterocycles. The third kappa shape index (κ3) is 7.91. The Kier molecular flexibility index (Phi) is 11.9. The van der Waals surface area contributed by atoms with Gasteiger partial charge in [0.25, 0.3) is 0 Å². The van der Waals surface area contributed by atoms with Crippen molar-refractivity contribution >= 4 is 51.5 Å². The number of anilines is 1. The SMILES string of the molecule is COc1ccc([C@H](Cc2c(Cl)c[nH+]cc2Cl)OC(=O)c2ccc(NC3(C(=O)OC4CCN(C)CC4)CCC4=C3CCC=C4)s2)cc1OC.[OH-]. The van der Waals surface area contributed by atoms with Crippen molar-refractivity contribution in [3.8, 4) is 11.5 Å². The first-order valence-electron chi connectivity index (χ1n) is 16.1. The zero-order valence-electron chi connectivity index (χ0n) is 27.7. The van der Waals surface area contributed by atoms with E-state index in [0.29, 0.717) is 49.0 Å². The van der Waals surface area contributed by atoms with Crippen LogP contribution >= 0.6 is 34.5 Å². The van der Waals surface area contributed by atoms with Crippen LogP contribution in [0.25, 0.3) is 0 Å². The van der Waals surface area contributed by atoms with Crippen LogP contribution < -0.4 is 19.8 Å². The number of thiophene rings is 1. The minimum Gasteiger partial charge on any atom is -0.870 e. The number of methoxy groups -OCH3 is 2. The Morgan fingerprint density at radius 3 is 2.51 bits per heavy atom. The van der Waals surface area contributed by atoms with Gasteiger partial charge in [-0.25, -0.2) is 14.6 Å². The first kappa shape index (κ1) is 36.7. The van der Waals surface area contributed by atoms with Crippen LogP contribution in [0.2, 0.25) is 10.0 Å². The number of esters is 2. The molecule has 3 aromatic rings. The molecule has 1 fully saturated rings. The number of rotatable bonds is 11. The molecule has 3 aliphatic rings. The van der Waals surface area contributed by atoms with Crippen molar-refractivity contribution in [3.63, 3.8) is 0 Å². The summed E-state index contributed by atoms with van der Waals surface area (Å²) < 4.78 is 23.3. The molecule has 1 aliphatic heterocycles. The van der Waals surface area contributed by atoms with Crippen molar-refractivity contribution in [3.05, 3.63) is 92.1 Å². The third-order valence-electron chi connectivity index (χ3n) is 9.40. The van der Waals surface area contributed by atoms with Gasteiger partial charge in [-0.15, -0.1) is 11.3 Å². The predicted molar refractivity (Wildman–Crippen MR) is 188 cm³/mol. The average Bonchev–Trinajstić information content (AvgIpc) is 3.72. The Hall–Kier alpha value is -3.61. The van der Waals surface area contributed by atoms with Crippen LogP contribution in [0.4, 0.5) is 5.00 Å². The van der Waals surface area contributed by atoms with Crippen molar-refractivity contribution in [1.82, 2.24) is 4.90 Å². The highest BCUT2D eigenvalue weighted by Gasteiger charge is 2.49. The first-order chi connectivity index (χ1) is 23.2. The van der Waals surface area contributed by atoms with E-state index in [2.05, 4.69) is 34.4 Å². The maximum absolute atomic E-state index is 14.1. The summed E-state index contributed by atoms with van der Waals surface area (Å²) in [4.78, 5) is 33.4. The van der Waals surface area contributed by atoms with Crippen molar-refractivity contribution < 1.29 is 39.0 Å². The minimum absolute atomic E-state index is 0. The molecule has 13 heteroatoms. The zero-order valence-corrected chi connectivity index (χ0v) is 30.1. The van der Waals surface area contributed by atoms with Gasteiger partial charge in [-0.1, -0.05) is 41.4 Å². The van der Waals surface area contributed by atoms with Gasteiger partial charge in [-0.05, 0) is 86.5 Å². The van der Waals surface area contributed by atoms with Crippen LogP contribution in [0.15, 0.2) is 66.0 Å². The lowest BCUT2D eigenvalue weighted by Gasteiger charge is -2.36. The van der Waals surface area contributed by atoms with Gasteiger partial charge in [0.1, 0.15) is 27.1 Å². The average molecular weight is 731 g/mol. The van der Waals surface area contributed by atoms with E-state index in [1.807, 2.05) is 12.1 Å². The molecule has 1 aromatic carbocycles. The number of likely N-dealkylation sites (tertiary alicyclic amines) is 1. The number of piperidine rings is 1. The number of nitrogens with one attached hydrogen (secondary N) is 2. The standard InChI is InChI=1S/C36H39Cl2N3O6S.H2O/c1-41-16-13-24(14-17-41)46-35(43)36(15-12-22-6-4-5-7-26(22)36)40-33-11-10-32(48-33)34(42)47-30(19-25-27(37)20-39-21-28(25)38)23-8-9-29(44-2)31(18-23)45-3;/h4,6,8-11,18,20-21,24,30,40H,5,7,12-17,19H2,1-3H3;1H2/t30-,36?;/m0./s1. The Morgan fingerprint density at radius 1 is 1.06 bits per heavy atom. The molecular weight excluding hydrogens is 689 g/mol. The molecule has 0 amide bonds. The number of H-pyrrole nitrogens is 1. The lowest BCUT2D eigenvalue weighted by atomic mass is 9.86. The lowest BCUT2D eigenvalue weighted by molar-refractivity contribution is -0.377. The van der Waals surface area contributed by atoms with Crippen molar-refractivity contribution in [1.29, 1.82) is 0 Å². The summed E-state index contributed by atoms with van der Waals surface area (Å²) in [7, 11) is 5.19. The van der Waals surface area contributed by atoms with E-state index in [-0.39, 0.29) is 24.0 Å². The molecule has 0 radical (unpaired) electrons. The van der Waals surface area contributed by atoms with Gasteiger partial charge in [0.15, 0.2) is 29.4 Å². The van der Waals surface area contributed by atoms with Crippen LogP contribution in [0.5, 0.6) is 11.5 Å². The van der Waals surface area contributed by atoms with E-state index in [4.69, 9.17) is 42.1 Å². The number of carbonyl (C=O) groups is 2. The van der Waals surface area contributed by atoms with Crippen LogP contribution in [-0.4, -0.2) is 68.3 Å². The minimum atomic E-state index is -0.977. The summed E-state index contributed by atoms with van der Waals surface area (Å²) in [5.74, 6) is 0.291. The molecule has 2 atom stereocenters. The summed E-state index contributed by atoms with van der Waals surface area (Å²) in [6.45, 7) is 1.80. The molecule has 262 valence electrons. The number of pyridine rings is 1. The molecule has 3 heterocycles. The molecule has 6 rings (SSSR count). The van der Waals surface area contributed by atoms with E-state index in [9.17, 15) is 9.59 Å². The van der Waals surface area contributed by atoms with Gasteiger partial charge in [0.2, 0.25) is 0 Å². The molecule has 49 heavy (non-hydrogen) atoms. The number of halogens is 2. The van der Waals surface area contributed by atoms with Gasteiger partial charge in [-0.3, -0.25) is 0 Å². The summed E-state index contributed by atoms with van der Waals surface area (Å²) in [5.41, 5.74) is 2.62. The van der Waals surface area contributed by atoms with E-state index in [1.165, 1.54) is 16.9 Å². The molecule has 1 unspecified atom stereocenters. The molecule has 10 nitrogen and oxygen atoms in total. The third-order valence-corrected chi connectivity index (χ3v) is 11.1. The summed E-state index contributed by atoms with van der Waals surface area (Å²) in [5, 5.41) is 5.10. The molecule has 0 saturated carbocycles. The number of allylic oxidation sites excluding steroid dienone is 3. The van der Waals surface area contributed by atoms with Crippen LogP contribution in [-0.2, 0) is 20.7 Å². The number of aromatic amines is 1. The highest BCUT2D eigenvalue weighted by atomic mass is 35.5. The molecule has 0 spiro atoms. The molecule has 1 saturated heterocycles. The van der Waals surface area contributed by atoms with Crippen LogP contribution in [0, 0.1) is 0 Å². The smallest absolute Gasteiger partial charge is 0.349 e. The second-order valence-corrected chi connectivity index (χ2v) is 14.3. The van der Waals surface area contributed by atoms with Crippen molar-refractivity contribution in [2.24, 2.45) is 0 Å². The largest absolute Gasteiger partial charge is 0.870 e. The number of ether oxygens (including phenoxy) is 4. The Balaban J connectivity index is 0.00000468. The Morgan fingerprint density at radius 2 is 1.80 bits per heavy atom. The van der Waals surface area contributed by atoms with Gasteiger partial charge < -0.3 is 34.6 Å². The molecular formula is C36H41Cl2N3O7S. The summed E-state index contributed by atoms with van der Waals surface area (Å²) in [6.07, 6.45) is 11.6. The van der Waals surface area contributed by atoms with Crippen LogP contribution in [0.1, 0.15) is 65.4 Å². The maximum Gasteiger partial charge on any atom is 0.349 e. The van der Waals surface area contributed by atoms with Gasteiger partial charge in [0.05, 0.1) is 19.2 Å². The highest BCUT2D eigenvalue weighted by molar-refractivity contribution is 7.17. The van der Waals surface area contributed by atoms with Crippen molar-refractivity contribution in [2.75, 3.05) is 39.7 Å². The number of nitrogens with zero attached hydrogens (tertiary/aromatic N) is 1. The monoisotopic (exact) mass is 729 g/mol. The number of aromatic nitrogens is 1. The number of benzene rings is 1. The van der Waals surface area contributed by atoms with Crippen molar-refractivity contribution in [2.45, 2.75) is 62.7 Å². The number of hydrogen-bond acceptors (Lipinski definition) is 10. The zero-order chi connectivity index (χ0) is 33.8. The molecule has 0 bridgehead atoms. The van der Waals surface area contributed by atoms with E-state index in [1.54, 1.807) is 44.8 Å². The number of carbonyl (C=O) groups excluding carboxylic acids is 2. The van der Waals surface area contributed by atoms with E-state index >= 15 is 0 Å². The summed E-state index contributed by atoms with van der Waals surface area (Å²) >= 11 is 14.3. The fraction of sp³-hybridized carbons (Fsp3) is 0.417. The number of hydrogen-bond donors (Lipinski definition) is 1. The maximum atomic E-state index is 14.1. The first-order valence-corrected chi connectivity index (χ1v) is 17.7. The summed E-state index contributed by atoms with van der Waals surface area (Å²) in [6, 6.07) is 8.91. The second-order valence-electron chi connectivity index (χ2n) is 12.4. The van der Waals surface area contributed by atoms with Crippen LogP contribution in [0.3, 0.4) is 0 Å². The fourth-order valence-corrected chi connectivity index (χ4v) is 8.13. The topological polar surface area (TPSA) is 130 Å². The normalized spacial score (nSPS) is 19.9. The van der Waals surface area contributed by atoms with Gasteiger partial charge >= 0.3 is 11.9 Å². The van der Waals surface area contributed by atoms with E-state index in [0.717, 1.165) is 50.8 Å². The van der Waals surface area contributed by atoms with Gasteiger partial charge in [0, 0.05) is 25.1 Å². The Labute approximate surface area is 300 Å². The second kappa shape index (κ2) is 15.9. The predicted octanol–water partition coefficient (Wildman–Crippen LogP) is 7.08. The quantitative estimate of drug-likeness (QED) is 0.206. The molecule has 2 aliphatic carbocycles. The fourth-order valence-electron chi connectivity index (χ4n) is 6.73. The van der Waals surface area contributed by atoms with E-state index < -0.39 is 17.6 Å². The highest BCUT2D eigenvalue weighted by Crippen LogP contribution is 2.45. The lowest BCUT2D eigenvalue weighted by Crippen LogP contribution is -2.49. The Bertz CT molecular complexity index is 1720.